The molecule has 0 aromatic heterocycles. The minimum absolute atomic E-state index is 0.227. The number of carbonyl (C=O) groups excluding carboxylic acids is 1. The van der Waals surface area contributed by atoms with Crippen molar-refractivity contribution in [2.75, 3.05) is 6.61 Å². The van der Waals surface area contributed by atoms with Crippen molar-refractivity contribution in [1.82, 2.24) is 0 Å². The highest BCUT2D eigenvalue weighted by atomic mass is 28.2. The monoisotopic (exact) mass is 144 g/mol. The van der Waals surface area contributed by atoms with E-state index in [1.807, 2.05) is 12.2 Å². The minimum Gasteiger partial charge on any atom is -0.396 e. The second-order valence-corrected chi connectivity index (χ2v) is 4.06. The Kier molecular flexibility index (Phi) is 5.66. The third-order valence-electron chi connectivity index (χ3n) is 1.01. The van der Waals surface area contributed by atoms with E-state index >= 15 is 0 Å². The molecule has 0 saturated carbocycles. The van der Waals surface area contributed by atoms with E-state index in [0.717, 1.165) is 18.8 Å². The predicted molar refractivity (Wildman–Crippen MR) is 40.8 cm³/mol. The van der Waals surface area contributed by atoms with Gasteiger partial charge in [0, 0.05) is 6.61 Å². The Balaban J connectivity index is 3.31. The van der Waals surface area contributed by atoms with E-state index in [9.17, 15) is 4.79 Å². The first-order valence-electron chi connectivity index (χ1n) is 3.04. The standard InChI is InChI=1S/C6H12O2Si/c1-9(6-8)5-3-2-4-7/h5-7H,2-4H2,1H3. The van der Waals surface area contributed by atoms with Crippen molar-refractivity contribution >= 4 is 20.0 Å². The highest BCUT2D eigenvalue weighted by Gasteiger charge is 1.84. The summed E-state index contributed by atoms with van der Waals surface area (Å²) in [5.74, 6) is 1.00. The number of unbranched alkanes of at least 4 members (excludes halogenated alkanes) is 1. The van der Waals surface area contributed by atoms with Crippen LogP contribution in [0.25, 0.3) is 0 Å². The van der Waals surface area contributed by atoms with Gasteiger partial charge in [-0.25, -0.2) is 0 Å². The maximum absolute atomic E-state index is 10.1. The summed E-state index contributed by atoms with van der Waals surface area (Å²) < 4.78 is 0. The second-order valence-electron chi connectivity index (χ2n) is 1.93. The Morgan fingerprint density at radius 3 is 2.78 bits per heavy atom. The molecule has 52 valence electrons. The first-order chi connectivity index (χ1) is 4.31. The molecular formula is C6H12O2Si. The predicted octanol–water partition coefficient (Wildman–Crippen LogP) is 0.0393. The number of hydrogen-bond donors (Lipinski definition) is 1. The quantitative estimate of drug-likeness (QED) is 0.343. The van der Waals surface area contributed by atoms with E-state index in [0.29, 0.717) is 0 Å². The Labute approximate surface area is 56.7 Å². The Bertz CT molecular complexity index is 110. The number of rotatable bonds is 4. The van der Waals surface area contributed by atoms with Gasteiger partial charge in [-0.05, 0) is 12.8 Å². The molecule has 9 heavy (non-hydrogen) atoms. The lowest BCUT2D eigenvalue weighted by Gasteiger charge is -1.87. The molecule has 1 N–H and O–H groups in total. The van der Waals surface area contributed by atoms with E-state index < -0.39 is 8.41 Å². The summed E-state index contributed by atoms with van der Waals surface area (Å²) >= 11 is 0. The third kappa shape index (κ3) is 5.59. The number of hydrogen-bond acceptors (Lipinski definition) is 2. The Morgan fingerprint density at radius 1 is 1.67 bits per heavy atom. The first-order valence-corrected chi connectivity index (χ1v) is 5.19. The molecule has 0 aromatic carbocycles. The average Bonchev–Trinajstić information content (AvgIpc) is 1.89. The van der Waals surface area contributed by atoms with Gasteiger partial charge in [0.1, 0.15) is 5.91 Å². The van der Waals surface area contributed by atoms with Crippen molar-refractivity contribution in [2.45, 2.75) is 19.4 Å². The van der Waals surface area contributed by atoms with Crippen molar-refractivity contribution in [3.05, 3.63) is 0 Å². The van der Waals surface area contributed by atoms with Gasteiger partial charge >= 0.3 is 0 Å². The lowest BCUT2D eigenvalue weighted by molar-refractivity contribution is 0.291. The van der Waals surface area contributed by atoms with Gasteiger partial charge in [-0.3, -0.25) is 0 Å². The molecule has 0 saturated heterocycles. The molecule has 0 aliphatic carbocycles. The summed E-state index contributed by atoms with van der Waals surface area (Å²) in [6, 6.07) is 0. The molecule has 0 spiro atoms. The normalized spacial score (nSPS) is 11.6. The van der Waals surface area contributed by atoms with Crippen LogP contribution in [0, 0.1) is 0 Å². The van der Waals surface area contributed by atoms with Crippen molar-refractivity contribution in [2.24, 2.45) is 0 Å². The molecule has 0 rings (SSSR count). The van der Waals surface area contributed by atoms with Crippen LogP contribution in [0.15, 0.2) is 0 Å². The largest absolute Gasteiger partial charge is 0.396 e. The molecule has 0 aliphatic heterocycles. The molecule has 0 radical (unpaired) electrons. The van der Waals surface area contributed by atoms with Crippen LogP contribution in [-0.4, -0.2) is 31.7 Å². The summed E-state index contributed by atoms with van der Waals surface area (Å²) in [4.78, 5) is 10.1. The van der Waals surface area contributed by atoms with Gasteiger partial charge in [0.15, 0.2) is 0 Å². The topological polar surface area (TPSA) is 37.3 Å². The molecule has 0 atom stereocenters. The second kappa shape index (κ2) is 5.85. The Hall–Kier alpha value is -0.283. The molecule has 0 fully saturated rings. The van der Waals surface area contributed by atoms with E-state index in [2.05, 4.69) is 0 Å². The van der Waals surface area contributed by atoms with Crippen LogP contribution in [0.3, 0.4) is 0 Å². The molecule has 0 aliphatic rings. The van der Waals surface area contributed by atoms with Crippen molar-refractivity contribution in [3.8, 4) is 0 Å². The first kappa shape index (κ1) is 8.72. The maximum atomic E-state index is 10.1. The molecule has 0 heterocycles. The highest BCUT2D eigenvalue weighted by molar-refractivity contribution is 6.87. The summed E-state index contributed by atoms with van der Waals surface area (Å²) in [6.07, 6.45) is 1.66. The molecule has 2 nitrogen and oxygen atoms in total. The number of aliphatic hydroxyl groups is 1. The van der Waals surface area contributed by atoms with Gasteiger partial charge in [-0.15, -0.1) is 0 Å². The van der Waals surface area contributed by atoms with E-state index in [-0.39, 0.29) is 6.61 Å². The van der Waals surface area contributed by atoms with E-state index in [4.69, 9.17) is 5.11 Å². The van der Waals surface area contributed by atoms with Gasteiger partial charge in [-0.1, -0.05) is 12.2 Å². The van der Waals surface area contributed by atoms with Crippen LogP contribution < -0.4 is 0 Å². The third-order valence-corrected chi connectivity index (χ3v) is 2.32. The van der Waals surface area contributed by atoms with Gasteiger partial charge in [0.2, 0.25) is 0 Å². The molecule has 3 heteroatoms. The van der Waals surface area contributed by atoms with Crippen molar-refractivity contribution in [1.29, 1.82) is 0 Å². The van der Waals surface area contributed by atoms with Crippen LogP contribution in [0.4, 0.5) is 0 Å². The van der Waals surface area contributed by atoms with Crippen molar-refractivity contribution < 1.29 is 9.90 Å². The molecular weight excluding hydrogens is 132 g/mol. The molecule has 0 aromatic rings. The highest BCUT2D eigenvalue weighted by Crippen LogP contribution is 1.80. The average molecular weight is 144 g/mol. The number of aliphatic hydroxyl groups excluding tert-OH is 1. The van der Waals surface area contributed by atoms with Crippen LogP contribution in [0.1, 0.15) is 12.8 Å². The fourth-order valence-corrected chi connectivity index (χ4v) is 1.22. The summed E-state index contributed by atoms with van der Waals surface area (Å²) in [7, 11) is -0.818. The smallest absolute Gasteiger partial charge is 0.117 e. The minimum atomic E-state index is -0.818. The molecule has 0 amide bonds. The SMILES string of the molecule is C[Si](C=O)=CCCCO. The van der Waals surface area contributed by atoms with Gasteiger partial charge < -0.3 is 9.90 Å². The number of carbonyl (C=O) groups is 1. The van der Waals surface area contributed by atoms with E-state index in [1.165, 1.54) is 0 Å². The maximum Gasteiger partial charge on any atom is 0.117 e. The zero-order valence-electron chi connectivity index (χ0n) is 5.63. The molecule has 0 unspecified atom stereocenters. The zero-order chi connectivity index (χ0) is 7.11. The van der Waals surface area contributed by atoms with Gasteiger partial charge in [-0.2, -0.15) is 0 Å². The fourth-order valence-electron chi connectivity index (χ4n) is 0.469. The summed E-state index contributed by atoms with van der Waals surface area (Å²) in [5, 5.41) is 8.35. The van der Waals surface area contributed by atoms with Crippen LogP contribution in [-0.2, 0) is 4.79 Å². The van der Waals surface area contributed by atoms with Gasteiger partial charge in [0.25, 0.3) is 0 Å². The van der Waals surface area contributed by atoms with Crippen LogP contribution in [0.2, 0.25) is 6.55 Å². The van der Waals surface area contributed by atoms with Gasteiger partial charge in [0.05, 0.1) is 8.41 Å². The lowest BCUT2D eigenvalue weighted by Crippen LogP contribution is -2.01. The van der Waals surface area contributed by atoms with Crippen LogP contribution >= 0.6 is 0 Å². The van der Waals surface area contributed by atoms with E-state index in [1.54, 1.807) is 0 Å². The fraction of sp³-hybridized carbons (Fsp3) is 0.667. The summed E-state index contributed by atoms with van der Waals surface area (Å²) in [5.41, 5.74) is 2.01. The zero-order valence-corrected chi connectivity index (χ0v) is 6.63. The molecule has 0 bridgehead atoms. The Morgan fingerprint density at radius 2 is 2.33 bits per heavy atom. The van der Waals surface area contributed by atoms with Crippen molar-refractivity contribution in [3.63, 3.8) is 0 Å². The summed E-state index contributed by atoms with van der Waals surface area (Å²) in [6.45, 7) is 2.17. The lowest BCUT2D eigenvalue weighted by atomic mass is 10.4. The van der Waals surface area contributed by atoms with Crippen LogP contribution in [0.5, 0.6) is 0 Å².